The number of rotatable bonds is 5. The van der Waals surface area contributed by atoms with Crippen LogP contribution in [0.25, 0.3) is 115 Å². The Hall–Kier alpha value is -7.40. The molecule has 0 N–H and O–H groups in total. The molecule has 0 fully saturated rings. The Labute approximate surface area is 345 Å². The predicted octanol–water partition coefficient (Wildman–Crippen LogP) is 15.2. The second kappa shape index (κ2) is 13.3. The van der Waals surface area contributed by atoms with Crippen molar-refractivity contribution < 1.29 is 0 Å². The van der Waals surface area contributed by atoms with Gasteiger partial charge in [0.25, 0.3) is 0 Å². The first-order valence-corrected chi connectivity index (χ1v) is 20.9. The Morgan fingerprint density at radius 2 is 1.05 bits per heavy atom. The summed E-state index contributed by atoms with van der Waals surface area (Å²) in [6, 6.07) is 68.3. The van der Waals surface area contributed by atoms with Crippen LogP contribution in [0.5, 0.6) is 0 Å². The molecule has 3 heterocycles. The molecule has 3 aromatic heterocycles. The maximum absolute atomic E-state index is 5.37. The molecule has 0 saturated carbocycles. The van der Waals surface area contributed by atoms with Crippen LogP contribution in [0.2, 0.25) is 0 Å². The van der Waals surface area contributed by atoms with Gasteiger partial charge in [0.05, 0.1) is 16.7 Å². The van der Waals surface area contributed by atoms with E-state index in [1.54, 1.807) is 0 Å². The largest absolute Gasteiger partial charge is 0.294 e. The van der Waals surface area contributed by atoms with E-state index >= 15 is 0 Å². The van der Waals surface area contributed by atoms with E-state index in [0.29, 0.717) is 5.82 Å². The summed E-state index contributed by atoms with van der Waals surface area (Å²) in [6.45, 7) is 2.14. The lowest BCUT2D eigenvalue weighted by Gasteiger charge is -2.14. The first-order valence-electron chi connectivity index (χ1n) is 20.0. The highest BCUT2D eigenvalue weighted by atomic mass is 32.1. The summed E-state index contributed by atoms with van der Waals surface area (Å²) in [5, 5.41) is 13.3. The van der Waals surface area contributed by atoms with Crippen LogP contribution in [0.4, 0.5) is 0 Å². The van der Waals surface area contributed by atoms with Crippen molar-refractivity contribution >= 4 is 75.5 Å². The molecule has 4 heteroatoms. The summed E-state index contributed by atoms with van der Waals surface area (Å²) in [6.07, 6.45) is 0. The Bertz CT molecular complexity index is 3540. The van der Waals surface area contributed by atoms with Crippen molar-refractivity contribution in [3.63, 3.8) is 0 Å². The molecule has 0 saturated heterocycles. The van der Waals surface area contributed by atoms with Gasteiger partial charge in [-0.15, -0.1) is 11.3 Å². The zero-order valence-electron chi connectivity index (χ0n) is 32.2. The Morgan fingerprint density at radius 1 is 0.407 bits per heavy atom. The van der Waals surface area contributed by atoms with Crippen molar-refractivity contribution in [2.24, 2.45) is 0 Å². The summed E-state index contributed by atoms with van der Waals surface area (Å²) >= 11 is 1.81. The van der Waals surface area contributed by atoms with E-state index in [4.69, 9.17) is 9.97 Å². The molecule has 0 aliphatic carbocycles. The minimum absolute atomic E-state index is 0.693. The molecule has 0 bridgehead atoms. The number of aromatic nitrogens is 3. The minimum Gasteiger partial charge on any atom is -0.294 e. The third-order valence-electron chi connectivity index (χ3n) is 11.9. The molecule has 9 aromatic carbocycles. The van der Waals surface area contributed by atoms with Gasteiger partial charge in [-0.3, -0.25) is 4.57 Å². The molecular weight excluding hydrogens is 735 g/mol. The summed E-state index contributed by atoms with van der Waals surface area (Å²) in [4.78, 5) is 10.5. The molecule has 0 radical (unpaired) electrons. The lowest BCUT2D eigenvalue weighted by molar-refractivity contribution is 1.05. The van der Waals surface area contributed by atoms with Gasteiger partial charge < -0.3 is 0 Å². The fourth-order valence-electron chi connectivity index (χ4n) is 9.05. The van der Waals surface area contributed by atoms with Gasteiger partial charge in [0.2, 0.25) is 0 Å². The average molecular weight is 770 g/mol. The number of hydrogen-bond acceptors (Lipinski definition) is 3. The third kappa shape index (κ3) is 5.49. The molecule has 0 aliphatic rings. The summed E-state index contributed by atoms with van der Waals surface area (Å²) < 4.78 is 3.68. The zero-order valence-corrected chi connectivity index (χ0v) is 33.0. The van der Waals surface area contributed by atoms with E-state index in [9.17, 15) is 0 Å². The van der Waals surface area contributed by atoms with Gasteiger partial charge in [-0.2, -0.15) is 0 Å². The number of thiophene rings is 1. The van der Waals surface area contributed by atoms with Crippen molar-refractivity contribution in [3.8, 4) is 50.7 Å². The summed E-state index contributed by atoms with van der Waals surface area (Å²) in [5.74, 6) is 1.52. The van der Waals surface area contributed by atoms with Crippen molar-refractivity contribution in [3.05, 3.63) is 199 Å². The van der Waals surface area contributed by atoms with Crippen LogP contribution in [-0.2, 0) is 0 Å². The maximum atomic E-state index is 5.37. The molecule has 12 rings (SSSR count). The van der Waals surface area contributed by atoms with E-state index in [-0.39, 0.29) is 0 Å². The Morgan fingerprint density at radius 3 is 1.85 bits per heavy atom. The fraction of sp³-hybridized carbons (Fsp3) is 0.0182. The van der Waals surface area contributed by atoms with Gasteiger partial charge in [0.15, 0.2) is 5.82 Å². The fourth-order valence-corrected chi connectivity index (χ4v) is 9.98. The number of benzene rings is 9. The van der Waals surface area contributed by atoms with Gasteiger partial charge in [-0.05, 0) is 109 Å². The van der Waals surface area contributed by atoms with Crippen LogP contribution in [0, 0.1) is 6.92 Å². The Balaban J connectivity index is 1.19. The molecular formula is C55H35N3S. The molecule has 0 unspecified atom stereocenters. The number of hydrogen-bond donors (Lipinski definition) is 0. The van der Waals surface area contributed by atoms with E-state index in [1.807, 2.05) is 23.5 Å². The third-order valence-corrected chi connectivity index (χ3v) is 12.9. The Kier molecular flexibility index (Phi) is 7.62. The van der Waals surface area contributed by atoms with E-state index in [2.05, 4.69) is 193 Å². The maximum Gasteiger partial charge on any atom is 0.162 e. The molecule has 0 spiro atoms. The average Bonchev–Trinajstić information content (AvgIpc) is 3.92. The highest BCUT2D eigenvalue weighted by Crippen LogP contribution is 2.44. The molecule has 0 aliphatic heterocycles. The molecule has 0 amide bonds. The summed E-state index contributed by atoms with van der Waals surface area (Å²) in [5.41, 5.74) is 11.3. The molecule has 12 aromatic rings. The number of aryl methyl sites for hydroxylation is 1. The number of nitrogens with zero attached hydrogens (tertiary/aromatic N) is 3. The standard InChI is InChI=1S/C55H35N3S/c1-34-19-21-35(22-20-34)39-24-26-51-48(29-39)49-31-46-43-17-9-8-16-42(43)45-30-40(41-18-10-15-37-27-28-59-54(37)41)23-25-44(45)47(46)32-52(49)58(51)53-33-50(36-11-4-2-5-12-36)56-55(57-53)38-13-6-3-7-14-38/h2-33H,1H3. The van der Waals surface area contributed by atoms with Crippen molar-refractivity contribution in [1.29, 1.82) is 0 Å². The van der Waals surface area contributed by atoms with Gasteiger partial charge >= 0.3 is 0 Å². The number of fused-ring (bicyclic) bond motifs is 10. The van der Waals surface area contributed by atoms with Crippen molar-refractivity contribution in [2.45, 2.75) is 6.92 Å². The van der Waals surface area contributed by atoms with Crippen LogP contribution in [0.3, 0.4) is 0 Å². The van der Waals surface area contributed by atoms with Gasteiger partial charge in [0.1, 0.15) is 5.82 Å². The molecule has 3 nitrogen and oxygen atoms in total. The predicted molar refractivity (Wildman–Crippen MR) is 251 cm³/mol. The first kappa shape index (κ1) is 33.7. The highest BCUT2D eigenvalue weighted by Gasteiger charge is 2.20. The lowest BCUT2D eigenvalue weighted by atomic mass is 9.91. The highest BCUT2D eigenvalue weighted by molar-refractivity contribution is 7.17. The van der Waals surface area contributed by atoms with E-state index in [0.717, 1.165) is 33.7 Å². The smallest absolute Gasteiger partial charge is 0.162 e. The second-order valence-corrected chi connectivity index (χ2v) is 16.4. The van der Waals surface area contributed by atoms with Crippen LogP contribution in [0.15, 0.2) is 193 Å². The van der Waals surface area contributed by atoms with Gasteiger partial charge in [-0.1, -0.05) is 151 Å². The molecule has 59 heavy (non-hydrogen) atoms. The van der Waals surface area contributed by atoms with Gasteiger partial charge in [-0.25, -0.2) is 9.97 Å². The van der Waals surface area contributed by atoms with Crippen LogP contribution < -0.4 is 0 Å². The van der Waals surface area contributed by atoms with Crippen molar-refractivity contribution in [1.82, 2.24) is 14.5 Å². The van der Waals surface area contributed by atoms with Gasteiger partial charge in [0, 0.05) is 32.7 Å². The lowest BCUT2D eigenvalue weighted by Crippen LogP contribution is -2.02. The SMILES string of the molecule is Cc1ccc(-c2ccc3c(c2)c2cc4c5ccccc5c5cc(-c6cccc7ccsc67)ccc5c4cc2n3-c2cc(-c3ccccc3)nc(-c3ccccc3)n2)cc1. The van der Waals surface area contributed by atoms with E-state index in [1.165, 1.54) is 81.0 Å². The van der Waals surface area contributed by atoms with Crippen LogP contribution in [0.1, 0.15) is 5.56 Å². The molecule has 276 valence electrons. The second-order valence-electron chi connectivity index (χ2n) is 15.5. The molecule has 0 atom stereocenters. The quantitative estimate of drug-likeness (QED) is 0.163. The normalized spacial score (nSPS) is 11.8. The zero-order chi connectivity index (χ0) is 39.0. The van der Waals surface area contributed by atoms with Crippen LogP contribution in [-0.4, -0.2) is 14.5 Å². The summed E-state index contributed by atoms with van der Waals surface area (Å²) in [7, 11) is 0. The topological polar surface area (TPSA) is 30.7 Å². The van der Waals surface area contributed by atoms with E-state index < -0.39 is 0 Å². The monoisotopic (exact) mass is 769 g/mol. The van der Waals surface area contributed by atoms with Crippen LogP contribution >= 0.6 is 11.3 Å². The first-order chi connectivity index (χ1) is 29.1. The minimum atomic E-state index is 0.693. The van der Waals surface area contributed by atoms with Crippen molar-refractivity contribution in [2.75, 3.05) is 0 Å².